The lowest BCUT2D eigenvalue weighted by molar-refractivity contribution is -0.116. The number of anilines is 2. The fourth-order valence-corrected chi connectivity index (χ4v) is 3.57. The number of amides is 1. The maximum Gasteiger partial charge on any atom is 0.248 e. The third-order valence-electron chi connectivity index (χ3n) is 4.26. The van der Waals surface area contributed by atoms with Crippen LogP contribution in [0, 0.1) is 5.82 Å². The normalized spacial score (nSPS) is 10.8. The Labute approximate surface area is 180 Å². The molecule has 0 fully saturated rings. The van der Waals surface area contributed by atoms with Gasteiger partial charge in [-0.2, -0.15) is 0 Å². The van der Waals surface area contributed by atoms with Gasteiger partial charge in [-0.05, 0) is 36.4 Å². The molecule has 0 saturated carbocycles. The first-order valence-corrected chi connectivity index (χ1v) is 9.49. The first kappa shape index (κ1) is 20.0. The molecule has 0 bridgehead atoms. The van der Waals surface area contributed by atoms with E-state index in [0.717, 1.165) is 4.90 Å². The Morgan fingerprint density at radius 1 is 1.10 bits per heavy atom. The Morgan fingerprint density at radius 3 is 2.47 bits per heavy atom. The highest BCUT2D eigenvalue weighted by Gasteiger charge is 2.29. The molecule has 6 nitrogen and oxygen atoms in total. The van der Waals surface area contributed by atoms with Crippen molar-refractivity contribution in [3.05, 3.63) is 76.9 Å². The molecule has 0 N–H and O–H groups in total. The predicted octanol–water partition coefficient (Wildman–Crippen LogP) is 5.93. The summed E-state index contributed by atoms with van der Waals surface area (Å²) in [5.74, 6) is -1.05. The third-order valence-corrected chi connectivity index (χ3v) is 4.70. The molecule has 0 saturated heterocycles. The second-order valence-electron chi connectivity index (χ2n) is 6.27. The third kappa shape index (κ3) is 3.77. The van der Waals surface area contributed by atoms with Gasteiger partial charge >= 0.3 is 0 Å². The van der Waals surface area contributed by atoms with Crippen LogP contribution in [-0.2, 0) is 4.79 Å². The zero-order chi connectivity index (χ0) is 21.3. The fraction of sp³-hybridized carbons (Fsp3) is 0.0476. The molecule has 2 aromatic carbocycles. The lowest BCUT2D eigenvalue weighted by Gasteiger charge is -2.19. The summed E-state index contributed by atoms with van der Waals surface area (Å²) in [4.78, 5) is 21.8. The molecule has 2 heterocycles. The van der Waals surface area contributed by atoms with Crippen LogP contribution in [0.3, 0.4) is 0 Å². The number of rotatable bonds is 4. The van der Waals surface area contributed by atoms with Crippen molar-refractivity contribution in [1.82, 2.24) is 15.1 Å². The summed E-state index contributed by atoms with van der Waals surface area (Å²) in [6.45, 7) is 1.30. The van der Waals surface area contributed by atoms with E-state index in [4.69, 9.17) is 27.7 Å². The molecular formula is C21H13Cl2FN4O2. The number of carbonyl (C=O) groups excluding carboxylic acids is 1. The number of nitrogens with zero attached hydrogens (tertiary/aromatic N) is 4. The second-order valence-corrected chi connectivity index (χ2v) is 7.14. The van der Waals surface area contributed by atoms with Crippen molar-refractivity contribution in [3.63, 3.8) is 0 Å². The zero-order valence-electron chi connectivity index (χ0n) is 15.5. The summed E-state index contributed by atoms with van der Waals surface area (Å²) in [6.07, 6.45) is 2.89. The van der Waals surface area contributed by atoms with Gasteiger partial charge in [0.05, 0.1) is 16.9 Å². The average Bonchev–Trinajstić information content (AvgIpc) is 3.14. The molecule has 150 valence electrons. The average molecular weight is 443 g/mol. The maximum atomic E-state index is 14.5. The highest BCUT2D eigenvalue weighted by Crippen LogP contribution is 2.42. The van der Waals surface area contributed by atoms with Crippen molar-refractivity contribution < 1.29 is 13.7 Å². The standard InChI is InChI=1S/C21H13Cl2FN4O2/c1-12(29)28(18-5-3-2-4-16(18)24)21-19(17-6-7-25-11-26-17)20(27-30-21)13-8-14(22)10-15(23)9-13/h2-11H,1H3. The first-order valence-electron chi connectivity index (χ1n) is 8.73. The van der Waals surface area contributed by atoms with E-state index in [1.165, 1.54) is 37.6 Å². The summed E-state index contributed by atoms with van der Waals surface area (Å²) < 4.78 is 20.1. The smallest absolute Gasteiger partial charge is 0.248 e. The van der Waals surface area contributed by atoms with Crippen LogP contribution in [0.5, 0.6) is 0 Å². The van der Waals surface area contributed by atoms with E-state index in [1.54, 1.807) is 30.3 Å². The van der Waals surface area contributed by atoms with Crippen LogP contribution < -0.4 is 4.90 Å². The Kier molecular flexibility index (Phi) is 5.48. The maximum absolute atomic E-state index is 14.5. The number of hydrogen-bond acceptors (Lipinski definition) is 5. The lowest BCUT2D eigenvalue weighted by Crippen LogP contribution is -2.24. The minimum Gasteiger partial charge on any atom is -0.336 e. The summed E-state index contributed by atoms with van der Waals surface area (Å²) in [7, 11) is 0. The van der Waals surface area contributed by atoms with Crippen LogP contribution in [0.15, 0.2) is 65.6 Å². The minimum absolute atomic E-state index is 0.0115. The number of hydrogen-bond donors (Lipinski definition) is 0. The van der Waals surface area contributed by atoms with E-state index in [-0.39, 0.29) is 11.6 Å². The predicted molar refractivity (Wildman–Crippen MR) is 112 cm³/mol. The summed E-state index contributed by atoms with van der Waals surface area (Å²) in [5, 5.41) is 4.93. The molecule has 0 aliphatic rings. The quantitative estimate of drug-likeness (QED) is 0.391. The first-order chi connectivity index (χ1) is 14.5. The number of carbonyl (C=O) groups is 1. The second kappa shape index (κ2) is 8.22. The van der Waals surface area contributed by atoms with Gasteiger partial charge in [-0.1, -0.05) is 40.5 Å². The molecule has 0 aliphatic heterocycles. The molecule has 2 aromatic heterocycles. The molecule has 30 heavy (non-hydrogen) atoms. The van der Waals surface area contributed by atoms with E-state index in [1.807, 2.05) is 0 Å². The monoisotopic (exact) mass is 442 g/mol. The van der Waals surface area contributed by atoms with Crippen molar-refractivity contribution in [1.29, 1.82) is 0 Å². The van der Waals surface area contributed by atoms with Gasteiger partial charge in [0.1, 0.15) is 17.8 Å². The van der Waals surface area contributed by atoms with Gasteiger partial charge in [0.15, 0.2) is 0 Å². The Balaban J connectivity index is 2.00. The number of aromatic nitrogens is 3. The van der Waals surface area contributed by atoms with Gasteiger partial charge in [0.25, 0.3) is 0 Å². The largest absolute Gasteiger partial charge is 0.336 e. The van der Waals surface area contributed by atoms with Gasteiger partial charge < -0.3 is 4.52 Å². The number of halogens is 3. The zero-order valence-corrected chi connectivity index (χ0v) is 17.0. The Bertz CT molecular complexity index is 1210. The highest BCUT2D eigenvalue weighted by atomic mass is 35.5. The fourth-order valence-electron chi connectivity index (χ4n) is 3.05. The van der Waals surface area contributed by atoms with Crippen molar-refractivity contribution in [2.45, 2.75) is 6.92 Å². The van der Waals surface area contributed by atoms with Gasteiger partial charge in [0.2, 0.25) is 11.8 Å². The van der Waals surface area contributed by atoms with Gasteiger partial charge in [0, 0.05) is 28.7 Å². The molecule has 9 heteroatoms. The molecule has 0 aliphatic carbocycles. The van der Waals surface area contributed by atoms with Crippen LogP contribution in [0.1, 0.15) is 6.92 Å². The van der Waals surface area contributed by atoms with Crippen LogP contribution >= 0.6 is 23.2 Å². The highest BCUT2D eigenvalue weighted by molar-refractivity contribution is 6.35. The Morgan fingerprint density at radius 2 is 1.83 bits per heavy atom. The van der Waals surface area contributed by atoms with Gasteiger partial charge in [-0.25, -0.2) is 19.3 Å². The summed E-state index contributed by atoms with van der Waals surface area (Å²) in [6, 6.07) is 12.4. The molecule has 0 radical (unpaired) electrons. The van der Waals surface area contributed by atoms with E-state index in [9.17, 15) is 9.18 Å². The van der Waals surface area contributed by atoms with Gasteiger partial charge in [-0.15, -0.1) is 0 Å². The SMILES string of the molecule is CC(=O)N(c1ccccc1F)c1onc(-c2cc(Cl)cc(Cl)c2)c1-c1ccncn1. The van der Waals surface area contributed by atoms with E-state index < -0.39 is 11.7 Å². The molecule has 0 spiro atoms. The van der Waals surface area contributed by atoms with E-state index in [0.29, 0.717) is 32.6 Å². The minimum atomic E-state index is -0.593. The molecule has 0 atom stereocenters. The lowest BCUT2D eigenvalue weighted by atomic mass is 10.0. The number of para-hydroxylation sites is 1. The molecular weight excluding hydrogens is 430 g/mol. The molecule has 1 amide bonds. The van der Waals surface area contributed by atoms with E-state index in [2.05, 4.69) is 15.1 Å². The van der Waals surface area contributed by atoms with Crippen LogP contribution in [0.25, 0.3) is 22.5 Å². The van der Waals surface area contributed by atoms with Crippen molar-refractivity contribution in [2.75, 3.05) is 4.90 Å². The van der Waals surface area contributed by atoms with Crippen molar-refractivity contribution in [3.8, 4) is 22.5 Å². The van der Waals surface area contributed by atoms with Crippen molar-refractivity contribution >= 4 is 40.7 Å². The van der Waals surface area contributed by atoms with Crippen LogP contribution in [-0.4, -0.2) is 21.0 Å². The topological polar surface area (TPSA) is 72.1 Å². The van der Waals surface area contributed by atoms with Crippen LogP contribution in [0.2, 0.25) is 10.0 Å². The van der Waals surface area contributed by atoms with Crippen LogP contribution in [0.4, 0.5) is 16.0 Å². The summed E-state index contributed by atoms with van der Waals surface area (Å²) in [5.41, 5.74) is 1.71. The number of benzene rings is 2. The summed E-state index contributed by atoms with van der Waals surface area (Å²) >= 11 is 12.3. The van der Waals surface area contributed by atoms with E-state index >= 15 is 0 Å². The molecule has 0 unspecified atom stereocenters. The van der Waals surface area contributed by atoms with Crippen molar-refractivity contribution in [2.24, 2.45) is 0 Å². The molecule has 4 rings (SSSR count). The van der Waals surface area contributed by atoms with Gasteiger partial charge in [-0.3, -0.25) is 4.79 Å². The molecule has 4 aromatic rings. The Hall–Kier alpha value is -3.29.